The van der Waals surface area contributed by atoms with E-state index in [9.17, 15) is 0 Å². The minimum absolute atomic E-state index is 0.757. The number of hydrogen-bond donors (Lipinski definition) is 1. The van der Waals surface area contributed by atoms with Crippen LogP contribution >= 0.6 is 0 Å². The first kappa shape index (κ1) is 14.6. The summed E-state index contributed by atoms with van der Waals surface area (Å²) >= 11 is 0. The van der Waals surface area contributed by atoms with Gasteiger partial charge in [0.15, 0.2) is 0 Å². The molecule has 0 aliphatic heterocycles. The zero-order valence-corrected chi connectivity index (χ0v) is 12.5. The maximum absolute atomic E-state index is 4.64. The van der Waals surface area contributed by atoms with Gasteiger partial charge in [-0.1, -0.05) is 6.92 Å². The molecule has 2 heterocycles. The van der Waals surface area contributed by atoms with Gasteiger partial charge in [-0.05, 0) is 44.5 Å². The number of nitrogens with one attached hydrogen (secondary N) is 1. The lowest BCUT2D eigenvalue weighted by Gasteiger charge is -2.11. The molecule has 1 N–H and O–H groups in total. The highest BCUT2D eigenvalue weighted by Crippen LogP contribution is 2.12. The lowest BCUT2D eigenvalue weighted by Crippen LogP contribution is -2.17. The van der Waals surface area contributed by atoms with Crippen molar-refractivity contribution in [1.82, 2.24) is 20.3 Å². The van der Waals surface area contributed by atoms with Crippen LogP contribution in [0.5, 0.6) is 0 Å². The van der Waals surface area contributed by atoms with Crippen molar-refractivity contribution in [2.45, 2.75) is 40.2 Å². The molecule has 0 aliphatic rings. The molecule has 0 aliphatic carbocycles. The van der Waals surface area contributed by atoms with Crippen LogP contribution in [0.25, 0.3) is 0 Å². The minimum Gasteiger partial charge on any atom is -0.313 e. The Labute approximate surface area is 120 Å². The number of nitrogens with zero attached hydrogens (tertiary/aromatic N) is 3. The SMILES string of the molecule is CCCNCc1c(C)nc(Cc2ccncc2)nc1C. The van der Waals surface area contributed by atoms with E-state index in [-0.39, 0.29) is 0 Å². The van der Waals surface area contributed by atoms with E-state index in [2.05, 4.69) is 41.0 Å². The molecule has 0 fully saturated rings. The Morgan fingerprint density at radius 1 is 1.05 bits per heavy atom. The van der Waals surface area contributed by atoms with Crippen molar-refractivity contribution in [1.29, 1.82) is 0 Å². The molecule has 0 amide bonds. The first-order valence-electron chi connectivity index (χ1n) is 7.13. The number of aromatic nitrogens is 3. The summed E-state index contributed by atoms with van der Waals surface area (Å²) in [5.41, 5.74) is 4.56. The fourth-order valence-corrected chi connectivity index (χ4v) is 2.22. The van der Waals surface area contributed by atoms with E-state index in [1.54, 1.807) is 12.4 Å². The molecule has 4 heteroatoms. The number of rotatable bonds is 6. The van der Waals surface area contributed by atoms with Gasteiger partial charge in [0.25, 0.3) is 0 Å². The molecule has 0 saturated heterocycles. The summed E-state index contributed by atoms with van der Waals surface area (Å²) in [6, 6.07) is 4.01. The van der Waals surface area contributed by atoms with Gasteiger partial charge in [-0.25, -0.2) is 9.97 Å². The lowest BCUT2D eigenvalue weighted by atomic mass is 10.1. The van der Waals surface area contributed by atoms with Crippen LogP contribution in [0.2, 0.25) is 0 Å². The fraction of sp³-hybridized carbons (Fsp3) is 0.438. The van der Waals surface area contributed by atoms with Crippen LogP contribution in [-0.4, -0.2) is 21.5 Å². The van der Waals surface area contributed by atoms with E-state index in [4.69, 9.17) is 0 Å². The normalized spacial score (nSPS) is 10.8. The summed E-state index contributed by atoms with van der Waals surface area (Å²) in [5.74, 6) is 0.880. The van der Waals surface area contributed by atoms with Crippen LogP contribution in [0.3, 0.4) is 0 Å². The maximum atomic E-state index is 4.64. The molecule has 106 valence electrons. The molecule has 0 spiro atoms. The summed E-state index contributed by atoms with van der Waals surface area (Å²) in [7, 11) is 0. The highest BCUT2D eigenvalue weighted by Gasteiger charge is 2.08. The zero-order chi connectivity index (χ0) is 14.4. The van der Waals surface area contributed by atoms with Crippen molar-refractivity contribution in [3.8, 4) is 0 Å². The molecule has 2 rings (SSSR count). The number of hydrogen-bond acceptors (Lipinski definition) is 4. The molecular formula is C16H22N4. The van der Waals surface area contributed by atoms with Gasteiger partial charge in [0, 0.05) is 42.3 Å². The summed E-state index contributed by atoms with van der Waals surface area (Å²) in [6.45, 7) is 8.17. The second-order valence-electron chi connectivity index (χ2n) is 5.00. The van der Waals surface area contributed by atoms with Gasteiger partial charge < -0.3 is 5.32 Å². The van der Waals surface area contributed by atoms with E-state index in [0.29, 0.717) is 0 Å². The van der Waals surface area contributed by atoms with Gasteiger partial charge >= 0.3 is 0 Å². The predicted octanol–water partition coefficient (Wildman–Crippen LogP) is 2.58. The van der Waals surface area contributed by atoms with Crippen molar-refractivity contribution in [2.75, 3.05) is 6.54 Å². The van der Waals surface area contributed by atoms with Crippen molar-refractivity contribution in [3.05, 3.63) is 52.9 Å². The highest BCUT2D eigenvalue weighted by atomic mass is 14.9. The minimum atomic E-state index is 0.757. The summed E-state index contributed by atoms with van der Waals surface area (Å²) in [4.78, 5) is 13.3. The van der Waals surface area contributed by atoms with Gasteiger partial charge in [0.05, 0.1) is 0 Å². The number of aryl methyl sites for hydroxylation is 2. The summed E-state index contributed by atoms with van der Waals surface area (Å²) < 4.78 is 0. The third-order valence-corrected chi connectivity index (χ3v) is 3.31. The van der Waals surface area contributed by atoms with E-state index in [1.807, 2.05) is 12.1 Å². The Balaban J connectivity index is 2.13. The molecule has 2 aromatic rings. The third kappa shape index (κ3) is 3.84. The van der Waals surface area contributed by atoms with E-state index >= 15 is 0 Å². The Bertz CT molecular complexity index is 529. The standard InChI is InChI=1S/C16H22N4/c1-4-7-18-11-15-12(2)19-16(20-13(15)3)10-14-5-8-17-9-6-14/h5-6,8-9,18H,4,7,10-11H2,1-3H3. The Morgan fingerprint density at radius 2 is 1.70 bits per heavy atom. The fourth-order valence-electron chi connectivity index (χ4n) is 2.22. The van der Waals surface area contributed by atoms with E-state index < -0.39 is 0 Å². The predicted molar refractivity (Wildman–Crippen MR) is 80.5 cm³/mol. The molecule has 4 nitrogen and oxygen atoms in total. The Hall–Kier alpha value is -1.81. The van der Waals surface area contributed by atoms with Gasteiger partial charge in [-0.15, -0.1) is 0 Å². The molecule has 20 heavy (non-hydrogen) atoms. The van der Waals surface area contributed by atoms with Crippen LogP contribution in [0.1, 0.15) is 41.7 Å². The largest absolute Gasteiger partial charge is 0.313 e. The molecule has 0 atom stereocenters. The molecule has 0 aromatic carbocycles. The molecule has 0 unspecified atom stereocenters. The Morgan fingerprint density at radius 3 is 2.30 bits per heavy atom. The van der Waals surface area contributed by atoms with Crippen molar-refractivity contribution in [3.63, 3.8) is 0 Å². The monoisotopic (exact) mass is 270 g/mol. The summed E-state index contributed by atoms with van der Waals surface area (Å²) in [6.07, 6.45) is 5.50. The zero-order valence-electron chi connectivity index (χ0n) is 12.5. The van der Waals surface area contributed by atoms with Gasteiger partial charge in [0.2, 0.25) is 0 Å². The first-order chi connectivity index (χ1) is 9.70. The van der Waals surface area contributed by atoms with Crippen molar-refractivity contribution >= 4 is 0 Å². The maximum Gasteiger partial charge on any atom is 0.133 e. The topological polar surface area (TPSA) is 50.7 Å². The van der Waals surface area contributed by atoms with Crippen LogP contribution < -0.4 is 5.32 Å². The van der Waals surface area contributed by atoms with Gasteiger partial charge in [0.1, 0.15) is 5.82 Å². The first-order valence-corrected chi connectivity index (χ1v) is 7.13. The van der Waals surface area contributed by atoms with Crippen molar-refractivity contribution < 1.29 is 0 Å². The highest BCUT2D eigenvalue weighted by molar-refractivity contribution is 5.26. The Kier molecular flexibility index (Phi) is 5.18. The third-order valence-electron chi connectivity index (χ3n) is 3.31. The number of pyridine rings is 1. The lowest BCUT2D eigenvalue weighted by molar-refractivity contribution is 0.662. The van der Waals surface area contributed by atoms with E-state index in [0.717, 1.165) is 43.1 Å². The molecular weight excluding hydrogens is 248 g/mol. The van der Waals surface area contributed by atoms with Crippen molar-refractivity contribution in [2.24, 2.45) is 0 Å². The molecule has 0 saturated carbocycles. The second-order valence-corrected chi connectivity index (χ2v) is 5.00. The smallest absolute Gasteiger partial charge is 0.133 e. The van der Waals surface area contributed by atoms with Gasteiger partial charge in [-0.2, -0.15) is 0 Å². The van der Waals surface area contributed by atoms with Crippen LogP contribution in [0.15, 0.2) is 24.5 Å². The van der Waals surface area contributed by atoms with Crippen LogP contribution in [-0.2, 0) is 13.0 Å². The quantitative estimate of drug-likeness (QED) is 0.820. The van der Waals surface area contributed by atoms with Gasteiger partial charge in [-0.3, -0.25) is 4.98 Å². The second kappa shape index (κ2) is 7.10. The van der Waals surface area contributed by atoms with Crippen LogP contribution in [0, 0.1) is 13.8 Å². The average Bonchev–Trinajstić information content (AvgIpc) is 2.43. The molecule has 0 bridgehead atoms. The molecule has 0 radical (unpaired) electrons. The average molecular weight is 270 g/mol. The van der Waals surface area contributed by atoms with Crippen LogP contribution in [0.4, 0.5) is 0 Å². The summed E-state index contributed by atoms with van der Waals surface area (Å²) in [5, 5.41) is 3.41. The molecule has 2 aromatic heterocycles. The van der Waals surface area contributed by atoms with E-state index in [1.165, 1.54) is 11.1 Å².